The number of imidazole rings is 1. The molecule has 3 heterocycles. The van der Waals surface area contributed by atoms with E-state index < -0.39 is 0 Å². The first-order valence-corrected chi connectivity index (χ1v) is 9.60. The van der Waals surface area contributed by atoms with Crippen LogP contribution in [0.5, 0.6) is 0 Å². The van der Waals surface area contributed by atoms with E-state index in [1.807, 2.05) is 12.4 Å². The summed E-state index contributed by atoms with van der Waals surface area (Å²) in [7, 11) is 0. The lowest BCUT2D eigenvalue weighted by Gasteiger charge is -2.14. The monoisotopic (exact) mass is 416 g/mol. The number of amides is 1. The Hall–Kier alpha value is -2.77. The number of nitrogens with zero attached hydrogens (tertiary/aromatic N) is 3. The van der Waals surface area contributed by atoms with Gasteiger partial charge in [0.25, 0.3) is 5.91 Å². The van der Waals surface area contributed by atoms with Crippen molar-refractivity contribution in [2.45, 2.75) is 6.42 Å². The van der Waals surface area contributed by atoms with E-state index in [0.29, 0.717) is 44.7 Å². The highest BCUT2D eigenvalue weighted by molar-refractivity contribution is 6.36. The number of nitrogens with one attached hydrogen (secondary N) is 3. The minimum atomic E-state index is -0.178. The molecule has 1 aliphatic heterocycles. The molecule has 0 fully saturated rings. The molecule has 0 unspecified atom stereocenters. The summed E-state index contributed by atoms with van der Waals surface area (Å²) in [6.07, 6.45) is 6.34. The smallest absolute Gasteiger partial charge is 0.253 e. The summed E-state index contributed by atoms with van der Waals surface area (Å²) in [5.41, 5.74) is 2.21. The lowest BCUT2D eigenvalue weighted by molar-refractivity contribution is 0.0954. The first-order chi connectivity index (χ1) is 13.6. The van der Waals surface area contributed by atoms with Gasteiger partial charge in [0.2, 0.25) is 0 Å². The van der Waals surface area contributed by atoms with Crippen molar-refractivity contribution in [3.8, 4) is 11.4 Å². The summed E-state index contributed by atoms with van der Waals surface area (Å²) < 4.78 is 0. The first kappa shape index (κ1) is 18.6. The number of H-pyrrole nitrogens is 1. The maximum Gasteiger partial charge on any atom is 0.253 e. The Labute approximate surface area is 171 Å². The third-order valence-electron chi connectivity index (χ3n) is 4.42. The minimum absolute atomic E-state index is 0.178. The Morgan fingerprint density at radius 2 is 2.18 bits per heavy atom. The highest BCUT2D eigenvalue weighted by Gasteiger charge is 2.16. The predicted octanol–water partition coefficient (Wildman–Crippen LogP) is 3.39. The number of halogens is 2. The summed E-state index contributed by atoms with van der Waals surface area (Å²) in [6.45, 7) is 2.26. The predicted molar refractivity (Wildman–Crippen MR) is 110 cm³/mol. The van der Waals surface area contributed by atoms with Crippen LogP contribution in [0.15, 0.2) is 42.9 Å². The zero-order chi connectivity index (χ0) is 19.5. The molecule has 0 atom stereocenters. The number of rotatable bonds is 6. The van der Waals surface area contributed by atoms with Crippen LogP contribution in [-0.2, 0) is 0 Å². The average Bonchev–Trinajstić information content (AvgIpc) is 3.34. The van der Waals surface area contributed by atoms with Crippen molar-refractivity contribution in [3.05, 3.63) is 58.5 Å². The maximum atomic E-state index is 12.6. The molecule has 9 heteroatoms. The highest BCUT2D eigenvalue weighted by Crippen LogP contribution is 2.30. The molecule has 28 heavy (non-hydrogen) atoms. The zero-order valence-electron chi connectivity index (χ0n) is 14.9. The van der Waals surface area contributed by atoms with Gasteiger partial charge < -0.3 is 20.5 Å². The second kappa shape index (κ2) is 8.08. The Bertz CT molecular complexity index is 1050. The Morgan fingerprint density at radius 1 is 1.29 bits per heavy atom. The molecule has 3 aromatic rings. The molecule has 0 saturated carbocycles. The number of pyridine rings is 1. The normalized spacial score (nSPS) is 13.1. The van der Waals surface area contributed by atoms with Gasteiger partial charge in [0.05, 0.1) is 17.3 Å². The summed E-state index contributed by atoms with van der Waals surface area (Å²) in [5, 5.41) is 7.08. The highest BCUT2D eigenvalue weighted by atomic mass is 35.5. The molecule has 1 aliphatic rings. The molecule has 0 saturated heterocycles. The molecule has 0 spiro atoms. The summed E-state index contributed by atoms with van der Waals surface area (Å²) in [4.78, 5) is 26.7. The van der Waals surface area contributed by atoms with Gasteiger partial charge in [-0.25, -0.2) is 9.97 Å². The zero-order valence-corrected chi connectivity index (χ0v) is 16.4. The molecule has 7 nitrogen and oxygen atoms in total. The number of carbonyl (C=O) groups excluding carboxylic acids is 1. The van der Waals surface area contributed by atoms with Crippen LogP contribution in [0.4, 0.5) is 0 Å². The largest absolute Gasteiger partial charge is 0.373 e. The van der Waals surface area contributed by atoms with Crippen molar-refractivity contribution in [1.29, 1.82) is 0 Å². The van der Waals surface area contributed by atoms with Gasteiger partial charge >= 0.3 is 0 Å². The second-order valence-corrected chi connectivity index (χ2v) is 7.21. The van der Waals surface area contributed by atoms with Gasteiger partial charge in [0, 0.05) is 42.3 Å². The van der Waals surface area contributed by atoms with Crippen molar-refractivity contribution >= 4 is 40.3 Å². The lowest BCUT2D eigenvalue weighted by Crippen LogP contribution is -2.28. The fourth-order valence-corrected chi connectivity index (χ4v) is 3.51. The quantitative estimate of drug-likeness (QED) is 0.536. The van der Waals surface area contributed by atoms with Crippen LogP contribution in [-0.4, -0.2) is 45.5 Å². The lowest BCUT2D eigenvalue weighted by atomic mass is 10.2. The SMILES string of the molecule is O=C(NCCCN1C=CNC1)c1ccnc2[nH]c(-c3ccc(Cl)cc3Cl)nc12. The first-order valence-electron chi connectivity index (χ1n) is 8.84. The molecule has 0 bridgehead atoms. The fourth-order valence-electron chi connectivity index (χ4n) is 3.02. The summed E-state index contributed by atoms with van der Waals surface area (Å²) in [6, 6.07) is 6.84. The van der Waals surface area contributed by atoms with Gasteiger partial charge in [-0.05, 0) is 30.7 Å². The van der Waals surface area contributed by atoms with Gasteiger partial charge in [-0.15, -0.1) is 0 Å². The Kier molecular flexibility index (Phi) is 5.36. The van der Waals surface area contributed by atoms with Gasteiger partial charge in [0.1, 0.15) is 11.3 Å². The van der Waals surface area contributed by atoms with Crippen molar-refractivity contribution < 1.29 is 4.79 Å². The molecule has 1 aromatic carbocycles. The van der Waals surface area contributed by atoms with Crippen LogP contribution in [0.1, 0.15) is 16.8 Å². The van der Waals surface area contributed by atoms with Crippen LogP contribution < -0.4 is 10.6 Å². The van der Waals surface area contributed by atoms with Crippen LogP contribution >= 0.6 is 23.2 Å². The number of carbonyl (C=O) groups is 1. The van der Waals surface area contributed by atoms with E-state index in [0.717, 1.165) is 19.6 Å². The molecular weight excluding hydrogens is 399 g/mol. The van der Waals surface area contributed by atoms with E-state index in [-0.39, 0.29) is 5.91 Å². The topological polar surface area (TPSA) is 85.9 Å². The van der Waals surface area contributed by atoms with Crippen LogP contribution in [0.2, 0.25) is 10.0 Å². The molecular formula is C19H18Cl2N6O. The van der Waals surface area contributed by atoms with Gasteiger partial charge in [-0.3, -0.25) is 4.79 Å². The van der Waals surface area contributed by atoms with Crippen LogP contribution in [0.25, 0.3) is 22.6 Å². The number of aromatic nitrogens is 3. The van der Waals surface area contributed by atoms with Gasteiger partial charge in [-0.2, -0.15) is 0 Å². The number of benzene rings is 1. The molecule has 3 N–H and O–H groups in total. The van der Waals surface area contributed by atoms with Crippen molar-refractivity contribution in [3.63, 3.8) is 0 Å². The van der Waals surface area contributed by atoms with E-state index in [1.165, 1.54) is 0 Å². The standard InChI is InChI=1S/C19H18Cl2N6O/c20-12-2-3-13(15(21)10-12)17-25-16-14(4-6-23-18(16)26-17)19(28)24-5-1-8-27-9-7-22-11-27/h2-4,6-7,9-10,22H,1,5,8,11H2,(H,24,28)(H,23,25,26). The Morgan fingerprint density at radius 3 is 2.96 bits per heavy atom. The fraction of sp³-hybridized carbons (Fsp3) is 0.211. The van der Waals surface area contributed by atoms with Crippen molar-refractivity contribution in [2.24, 2.45) is 0 Å². The summed E-state index contributed by atoms with van der Waals surface area (Å²) >= 11 is 12.2. The number of hydrogen-bond donors (Lipinski definition) is 3. The van der Waals surface area contributed by atoms with E-state index in [2.05, 4.69) is 30.5 Å². The van der Waals surface area contributed by atoms with Gasteiger partial charge in [-0.1, -0.05) is 23.2 Å². The third kappa shape index (κ3) is 3.90. The van der Waals surface area contributed by atoms with Crippen molar-refractivity contribution in [1.82, 2.24) is 30.5 Å². The molecule has 144 valence electrons. The number of fused-ring (bicyclic) bond motifs is 1. The van der Waals surface area contributed by atoms with E-state index in [4.69, 9.17) is 23.2 Å². The average molecular weight is 417 g/mol. The maximum absolute atomic E-state index is 12.6. The number of aromatic amines is 1. The van der Waals surface area contributed by atoms with E-state index in [9.17, 15) is 4.79 Å². The summed E-state index contributed by atoms with van der Waals surface area (Å²) in [5.74, 6) is 0.362. The van der Waals surface area contributed by atoms with E-state index >= 15 is 0 Å². The molecule has 0 aliphatic carbocycles. The Balaban J connectivity index is 1.50. The van der Waals surface area contributed by atoms with Crippen LogP contribution in [0, 0.1) is 0 Å². The molecule has 0 radical (unpaired) electrons. The second-order valence-electron chi connectivity index (χ2n) is 6.37. The minimum Gasteiger partial charge on any atom is -0.373 e. The van der Waals surface area contributed by atoms with Crippen LogP contribution in [0.3, 0.4) is 0 Å². The van der Waals surface area contributed by atoms with Gasteiger partial charge in [0.15, 0.2) is 5.65 Å². The molecule has 1 amide bonds. The third-order valence-corrected chi connectivity index (χ3v) is 4.97. The van der Waals surface area contributed by atoms with E-state index in [1.54, 1.807) is 30.5 Å². The number of hydrogen-bond acceptors (Lipinski definition) is 5. The molecule has 4 rings (SSSR count). The molecule has 2 aromatic heterocycles. The van der Waals surface area contributed by atoms with Crippen molar-refractivity contribution in [2.75, 3.05) is 19.8 Å².